The van der Waals surface area contributed by atoms with Crippen molar-refractivity contribution < 1.29 is 9.50 Å². The van der Waals surface area contributed by atoms with Crippen molar-refractivity contribution in [1.29, 1.82) is 0 Å². The summed E-state index contributed by atoms with van der Waals surface area (Å²) in [5.41, 5.74) is 1.89. The summed E-state index contributed by atoms with van der Waals surface area (Å²) < 4.78 is 13.4. The summed E-state index contributed by atoms with van der Waals surface area (Å²) in [6, 6.07) is 9.79. The number of hydrogen-bond donors (Lipinski definition) is 2. The van der Waals surface area contributed by atoms with E-state index in [9.17, 15) is 9.50 Å². The Morgan fingerprint density at radius 1 is 1.14 bits per heavy atom. The average Bonchev–Trinajstić information content (AvgIpc) is 3.04. The molecule has 21 heavy (non-hydrogen) atoms. The van der Waals surface area contributed by atoms with Gasteiger partial charge in [-0.2, -0.15) is 0 Å². The maximum absolute atomic E-state index is 13.4. The first kappa shape index (κ1) is 11.8. The van der Waals surface area contributed by atoms with Gasteiger partial charge in [0.05, 0.1) is 0 Å². The molecule has 0 spiro atoms. The van der Waals surface area contributed by atoms with Crippen molar-refractivity contribution in [2.75, 3.05) is 0 Å². The second-order valence-corrected chi connectivity index (χ2v) is 4.76. The molecule has 0 amide bonds. The second-order valence-electron chi connectivity index (χ2n) is 4.76. The van der Waals surface area contributed by atoms with E-state index in [1.54, 1.807) is 18.2 Å². The number of aromatic nitrogens is 1. The van der Waals surface area contributed by atoms with E-state index in [-0.39, 0.29) is 11.7 Å². The lowest BCUT2D eigenvalue weighted by atomic mass is 10.1. The minimum Gasteiger partial charge on any atom is -0.494 e. The number of hydrogen-bond acceptors (Lipinski definition) is 4. The molecule has 0 radical (unpaired) electrons. The highest BCUT2D eigenvalue weighted by Crippen LogP contribution is 2.28. The van der Waals surface area contributed by atoms with Crippen LogP contribution in [0.3, 0.4) is 0 Å². The van der Waals surface area contributed by atoms with E-state index < -0.39 is 0 Å². The van der Waals surface area contributed by atoms with Gasteiger partial charge in [-0.1, -0.05) is 6.07 Å². The van der Waals surface area contributed by atoms with Crippen LogP contribution in [0.15, 0.2) is 51.8 Å². The Labute approximate surface area is 117 Å². The van der Waals surface area contributed by atoms with Gasteiger partial charge >= 0.3 is 0 Å². The van der Waals surface area contributed by atoms with Gasteiger partial charge in [-0.25, -0.2) is 4.39 Å². The molecule has 2 heterocycles. The van der Waals surface area contributed by atoms with E-state index in [0.717, 1.165) is 5.22 Å². The first-order valence-electron chi connectivity index (χ1n) is 6.31. The monoisotopic (exact) mass is 280 g/mol. The quantitative estimate of drug-likeness (QED) is 0.706. The third kappa shape index (κ3) is 1.88. The van der Waals surface area contributed by atoms with Crippen LogP contribution in [0.1, 0.15) is 5.56 Å². The summed E-state index contributed by atoms with van der Waals surface area (Å²) in [4.78, 5) is 2.82. The van der Waals surface area contributed by atoms with Crippen LogP contribution in [0.25, 0.3) is 17.0 Å². The molecular formula is C15H9FN4O. The normalized spacial score (nSPS) is 13.7. The first-order chi connectivity index (χ1) is 10.2. The number of aromatic amines is 1. The SMILES string of the molecule is Oc1[nH]c2ccc(F)cc2c1C=c1ccc2c(c1)N=NN=2. The highest BCUT2D eigenvalue weighted by molar-refractivity contribution is 5.91. The third-order valence-electron chi connectivity index (χ3n) is 3.40. The predicted octanol–water partition coefficient (Wildman–Crippen LogP) is 2.47. The number of benzene rings is 2. The van der Waals surface area contributed by atoms with Gasteiger partial charge in [0, 0.05) is 16.5 Å². The Bertz CT molecular complexity index is 1020. The van der Waals surface area contributed by atoms with Crippen LogP contribution in [0.2, 0.25) is 0 Å². The van der Waals surface area contributed by atoms with Crippen molar-refractivity contribution in [2.45, 2.75) is 0 Å². The third-order valence-corrected chi connectivity index (χ3v) is 3.40. The molecule has 102 valence electrons. The number of fused-ring (bicyclic) bond motifs is 2. The average molecular weight is 280 g/mol. The highest BCUT2D eigenvalue weighted by atomic mass is 19.1. The Morgan fingerprint density at radius 3 is 2.95 bits per heavy atom. The fraction of sp³-hybridized carbons (Fsp3) is 0. The zero-order chi connectivity index (χ0) is 14.4. The van der Waals surface area contributed by atoms with Crippen LogP contribution in [0, 0.1) is 5.82 Å². The maximum atomic E-state index is 13.4. The van der Waals surface area contributed by atoms with Gasteiger partial charge in [-0.3, -0.25) is 0 Å². The molecule has 1 aliphatic rings. The Morgan fingerprint density at radius 2 is 2.05 bits per heavy atom. The summed E-state index contributed by atoms with van der Waals surface area (Å²) in [6.07, 6.45) is 1.77. The fourth-order valence-corrected chi connectivity index (χ4v) is 2.40. The summed E-state index contributed by atoms with van der Waals surface area (Å²) in [5, 5.41) is 23.5. The van der Waals surface area contributed by atoms with Crippen LogP contribution in [-0.4, -0.2) is 10.1 Å². The van der Waals surface area contributed by atoms with Gasteiger partial charge in [0.1, 0.15) is 16.9 Å². The zero-order valence-electron chi connectivity index (χ0n) is 10.7. The van der Waals surface area contributed by atoms with Gasteiger partial charge in [-0.15, -0.1) is 10.2 Å². The van der Waals surface area contributed by atoms with E-state index in [4.69, 9.17) is 0 Å². The Balaban J connectivity index is 1.97. The molecule has 0 saturated carbocycles. The van der Waals surface area contributed by atoms with Crippen LogP contribution in [-0.2, 0) is 0 Å². The molecule has 0 unspecified atom stereocenters. The first-order valence-corrected chi connectivity index (χ1v) is 6.31. The van der Waals surface area contributed by atoms with Gasteiger partial charge in [0.2, 0.25) is 0 Å². The predicted molar refractivity (Wildman–Crippen MR) is 75.2 cm³/mol. The van der Waals surface area contributed by atoms with E-state index in [2.05, 4.69) is 20.4 Å². The number of halogens is 1. The molecule has 0 saturated heterocycles. The lowest BCUT2D eigenvalue weighted by Crippen LogP contribution is -2.06. The van der Waals surface area contributed by atoms with Crippen molar-refractivity contribution in [3.63, 3.8) is 0 Å². The Kier molecular flexibility index (Phi) is 2.38. The highest BCUT2D eigenvalue weighted by Gasteiger charge is 2.09. The molecule has 6 heteroatoms. The molecule has 5 nitrogen and oxygen atoms in total. The van der Waals surface area contributed by atoms with Crippen molar-refractivity contribution >= 4 is 22.7 Å². The van der Waals surface area contributed by atoms with E-state index in [0.29, 0.717) is 27.5 Å². The second kappa shape index (κ2) is 4.24. The molecule has 2 N–H and O–H groups in total. The van der Waals surface area contributed by atoms with Crippen LogP contribution in [0.5, 0.6) is 5.88 Å². The van der Waals surface area contributed by atoms with Crippen molar-refractivity contribution in [1.82, 2.24) is 4.98 Å². The molecular weight excluding hydrogens is 271 g/mol. The molecule has 1 aromatic heterocycles. The van der Waals surface area contributed by atoms with Gasteiger partial charge < -0.3 is 10.1 Å². The summed E-state index contributed by atoms with van der Waals surface area (Å²) in [6.45, 7) is 0. The molecule has 0 bridgehead atoms. The smallest absolute Gasteiger partial charge is 0.196 e. The van der Waals surface area contributed by atoms with Gasteiger partial charge in [0.25, 0.3) is 0 Å². The van der Waals surface area contributed by atoms with Crippen molar-refractivity contribution in [3.8, 4) is 5.88 Å². The van der Waals surface area contributed by atoms with Crippen LogP contribution < -0.4 is 10.6 Å². The van der Waals surface area contributed by atoms with Crippen molar-refractivity contribution in [2.24, 2.45) is 15.4 Å². The van der Waals surface area contributed by atoms with E-state index in [1.165, 1.54) is 12.1 Å². The van der Waals surface area contributed by atoms with Crippen molar-refractivity contribution in [3.05, 3.63) is 58.4 Å². The summed E-state index contributed by atoms with van der Waals surface area (Å²) in [5.74, 6) is -0.347. The number of rotatable bonds is 1. The maximum Gasteiger partial charge on any atom is 0.196 e. The van der Waals surface area contributed by atoms with Crippen LogP contribution in [0.4, 0.5) is 10.1 Å². The fourth-order valence-electron chi connectivity index (χ4n) is 2.40. The topological polar surface area (TPSA) is 73.1 Å². The van der Waals surface area contributed by atoms with E-state index in [1.807, 2.05) is 12.1 Å². The molecule has 3 aromatic rings. The van der Waals surface area contributed by atoms with Gasteiger partial charge in [-0.05, 0) is 46.8 Å². The standard InChI is InChI=1S/C15H9FN4O/c16-9-2-4-12-10(7-9)11(15(21)17-12)5-8-1-3-13-14(6-8)19-20-18-13/h1-7,17,21H. The molecule has 2 aromatic carbocycles. The number of nitrogens with one attached hydrogen (secondary N) is 1. The molecule has 0 fully saturated rings. The van der Waals surface area contributed by atoms with Crippen LogP contribution >= 0.6 is 0 Å². The molecule has 4 rings (SSSR count). The lowest BCUT2D eigenvalue weighted by Gasteiger charge is -1.94. The lowest BCUT2D eigenvalue weighted by molar-refractivity contribution is 0.457. The molecule has 0 aliphatic carbocycles. The number of aromatic hydroxyl groups is 1. The molecule has 1 aliphatic heterocycles. The summed E-state index contributed by atoms with van der Waals surface area (Å²) >= 11 is 0. The zero-order valence-corrected chi connectivity index (χ0v) is 10.7. The Hall–Kier alpha value is -3.02. The minimum atomic E-state index is -0.349. The largest absolute Gasteiger partial charge is 0.494 e. The van der Waals surface area contributed by atoms with Gasteiger partial charge in [0.15, 0.2) is 5.88 Å². The minimum absolute atomic E-state index is 0.00223. The summed E-state index contributed by atoms with van der Waals surface area (Å²) in [7, 11) is 0. The molecule has 0 atom stereocenters. The van der Waals surface area contributed by atoms with E-state index >= 15 is 0 Å². The number of nitrogens with zero attached hydrogens (tertiary/aromatic N) is 3. The number of H-pyrrole nitrogens is 1.